The van der Waals surface area contributed by atoms with Gasteiger partial charge in [-0.05, 0) is 28.1 Å². The molecule has 1 rings (SSSR count). The summed E-state index contributed by atoms with van der Waals surface area (Å²) in [5, 5.41) is 2.61. The quantitative estimate of drug-likeness (QED) is 0.930. The third-order valence-corrected chi connectivity index (χ3v) is 2.40. The number of hydrogen-bond acceptors (Lipinski definition) is 2. The molecule has 0 saturated heterocycles. The number of nitrogens with one attached hydrogen (secondary N) is 1. The molecule has 0 atom stereocenters. The van der Waals surface area contributed by atoms with Gasteiger partial charge in [-0.15, -0.1) is 0 Å². The Morgan fingerprint density at radius 1 is 1.67 bits per heavy atom. The molecule has 0 fully saturated rings. The number of halogens is 3. The number of rotatable bonds is 3. The number of carbonyl (C=O) groups excluding carboxylic acids is 1. The van der Waals surface area contributed by atoms with Crippen molar-refractivity contribution in [3.05, 3.63) is 27.4 Å². The monoisotopic (exact) mass is 295 g/mol. The summed E-state index contributed by atoms with van der Waals surface area (Å²) in [6.07, 6.45) is 0. The van der Waals surface area contributed by atoms with E-state index >= 15 is 0 Å². The van der Waals surface area contributed by atoms with Gasteiger partial charge in [0.15, 0.2) is 18.2 Å². The summed E-state index contributed by atoms with van der Waals surface area (Å²) in [6.45, 7) is -0.242. The number of hydrogen-bond donors (Lipinski definition) is 1. The average Bonchev–Trinajstić information content (AvgIpc) is 2.15. The predicted molar refractivity (Wildman–Crippen MR) is 58.7 cm³/mol. The van der Waals surface area contributed by atoms with Gasteiger partial charge in [-0.25, -0.2) is 4.39 Å². The lowest BCUT2D eigenvalue weighted by Gasteiger charge is -2.08. The lowest BCUT2D eigenvalue weighted by Crippen LogP contribution is -2.25. The van der Waals surface area contributed by atoms with Crippen LogP contribution >= 0.6 is 27.5 Å². The van der Waals surface area contributed by atoms with Crippen molar-refractivity contribution in [2.24, 2.45) is 0 Å². The molecule has 0 heterocycles. The first kappa shape index (κ1) is 12.3. The van der Waals surface area contributed by atoms with Gasteiger partial charge in [0, 0.05) is 12.1 Å². The van der Waals surface area contributed by atoms with Gasteiger partial charge in [-0.3, -0.25) is 4.79 Å². The summed E-state index contributed by atoms with van der Waals surface area (Å²) in [6, 6.07) is 2.61. The van der Waals surface area contributed by atoms with E-state index in [1.54, 1.807) is 0 Å². The van der Waals surface area contributed by atoms with Crippen LogP contribution in [0.25, 0.3) is 0 Å². The topological polar surface area (TPSA) is 38.3 Å². The van der Waals surface area contributed by atoms with Crippen molar-refractivity contribution in [1.29, 1.82) is 0 Å². The number of benzene rings is 1. The van der Waals surface area contributed by atoms with Crippen molar-refractivity contribution >= 4 is 33.4 Å². The fraction of sp³-hybridized carbons (Fsp3) is 0.222. The Morgan fingerprint density at radius 2 is 2.33 bits per heavy atom. The molecule has 0 aliphatic carbocycles. The van der Waals surface area contributed by atoms with Crippen LogP contribution in [0.15, 0.2) is 16.6 Å². The maximum atomic E-state index is 13.3. The molecule has 15 heavy (non-hydrogen) atoms. The van der Waals surface area contributed by atoms with Crippen molar-refractivity contribution in [3.8, 4) is 5.75 Å². The molecule has 1 amide bonds. The largest absolute Gasteiger partial charge is 0.480 e. The second-order valence-corrected chi connectivity index (χ2v) is 3.95. The van der Waals surface area contributed by atoms with Crippen LogP contribution in [0.2, 0.25) is 5.02 Å². The van der Waals surface area contributed by atoms with E-state index in [0.717, 1.165) is 6.07 Å². The smallest absolute Gasteiger partial charge is 0.257 e. The van der Waals surface area contributed by atoms with Gasteiger partial charge < -0.3 is 10.1 Å². The zero-order valence-electron chi connectivity index (χ0n) is 7.81. The third-order valence-electron chi connectivity index (χ3n) is 1.59. The minimum Gasteiger partial charge on any atom is -0.480 e. The van der Waals surface area contributed by atoms with Crippen LogP contribution in [-0.2, 0) is 4.79 Å². The fourth-order valence-electron chi connectivity index (χ4n) is 0.877. The summed E-state index contributed by atoms with van der Waals surface area (Å²) in [7, 11) is 1.47. The first-order valence-corrected chi connectivity index (χ1v) is 5.19. The highest BCUT2D eigenvalue weighted by Gasteiger charge is 2.11. The van der Waals surface area contributed by atoms with E-state index in [-0.39, 0.29) is 23.3 Å². The zero-order chi connectivity index (χ0) is 11.4. The highest BCUT2D eigenvalue weighted by molar-refractivity contribution is 9.10. The summed E-state index contributed by atoms with van der Waals surface area (Å²) in [4.78, 5) is 10.9. The minimum atomic E-state index is -0.613. The van der Waals surface area contributed by atoms with Crippen LogP contribution in [0.4, 0.5) is 4.39 Å². The van der Waals surface area contributed by atoms with Gasteiger partial charge in [0.1, 0.15) is 0 Å². The Hall–Kier alpha value is -0.810. The average molecular weight is 297 g/mol. The van der Waals surface area contributed by atoms with Crippen molar-refractivity contribution < 1.29 is 13.9 Å². The molecule has 1 aromatic carbocycles. The van der Waals surface area contributed by atoms with E-state index in [2.05, 4.69) is 21.2 Å². The minimum absolute atomic E-state index is 0.0250. The molecule has 0 aromatic heterocycles. The fourth-order valence-corrected chi connectivity index (χ4v) is 1.76. The number of carbonyl (C=O) groups is 1. The van der Waals surface area contributed by atoms with Gasteiger partial charge >= 0.3 is 0 Å². The Kier molecular flexibility index (Phi) is 4.35. The molecule has 0 radical (unpaired) electrons. The first-order chi connectivity index (χ1) is 7.04. The molecule has 0 aliphatic heterocycles. The second kappa shape index (κ2) is 5.32. The highest BCUT2D eigenvalue weighted by atomic mass is 79.9. The molecule has 0 spiro atoms. The summed E-state index contributed by atoms with van der Waals surface area (Å²) >= 11 is 8.70. The van der Waals surface area contributed by atoms with E-state index in [1.807, 2.05) is 0 Å². The van der Waals surface area contributed by atoms with E-state index in [4.69, 9.17) is 16.3 Å². The third kappa shape index (κ3) is 3.35. The molecule has 0 bridgehead atoms. The lowest BCUT2D eigenvalue weighted by atomic mass is 10.3. The van der Waals surface area contributed by atoms with Crippen molar-refractivity contribution in [3.63, 3.8) is 0 Å². The molecule has 82 valence electrons. The number of ether oxygens (including phenoxy) is 1. The van der Waals surface area contributed by atoms with E-state index < -0.39 is 5.82 Å². The van der Waals surface area contributed by atoms with Crippen LogP contribution < -0.4 is 10.1 Å². The van der Waals surface area contributed by atoms with E-state index in [0.29, 0.717) is 4.47 Å². The lowest BCUT2D eigenvalue weighted by molar-refractivity contribution is -0.122. The maximum absolute atomic E-state index is 13.3. The standard InChI is InChI=1S/C9H8BrClFNO2/c1-13-8(14)4-15-9-6(10)2-5(11)3-7(9)12/h2-3H,4H2,1H3,(H,13,14). The van der Waals surface area contributed by atoms with Gasteiger partial charge in [0.2, 0.25) is 0 Å². The van der Waals surface area contributed by atoms with E-state index in [1.165, 1.54) is 13.1 Å². The van der Waals surface area contributed by atoms with Crippen LogP contribution in [0.3, 0.4) is 0 Å². The van der Waals surface area contributed by atoms with Gasteiger partial charge in [-0.1, -0.05) is 11.6 Å². The molecule has 3 nitrogen and oxygen atoms in total. The van der Waals surface area contributed by atoms with Crippen molar-refractivity contribution in [2.75, 3.05) is 13.7 Å². The molecule has 0 saturated carbocycles. The van der Waals surface area contributed by atoms with Gasteiger partial charge in [0.25, 0.3) is 5.91 Å². The second-order valence-electron chi connectivity index (χ2n) is 2.66. The number of amides is 1. The molecular weight excluding hydrogens is 288 g/mol. The van der Waals surface area contributed by atoms with Crippen LogP contribution in [-0.4, -0.2) is 19.6 Å². The Labute approximate surface area is 99.7 Å². The molecule has 1 N–H and O–H groups in total. The van der Waals surface area contributed by atoms with Crippen LogP contribution in [0, 0.1) is 5.82 Å². The molecule has 6 heteroatoms. The molecular formula is C9H8BrClFNO2. The Bertz CT molecular complexity index is 363. The van der Waals surface area contributed by atoms with Crippen molar-refractivity contribution in [2.45, 2.75) is 0 Å². The molecule has 0 unspecified atom stereocenters. The SMILES string of the molecule is CNC(=O)COc1c(F)cc(Cl)cc1Br. The normalized spacial score (nSPS) is 9.87. The maximum Gasteiger partial charge on any atom is 0.257 e. The summed E-state index contributed by atoms with van der Waals surface area (Å²) in [5.41, 5.74) is 0. The number of likely N-dealkylation sites (N-methyl/N-ethyl adjacent to an activating group) is 1. The highest BCUT2D eigenvalue weighted by Crippen LogP contribution is 2.31. The molecule has 0 aliphatic rings. The summed E-state index contributed by atoms with van der Waals surface area (Å²) < 4.78 is 18.6. The Morgan fingerprint density at radius 3 is 2.87 bits per heavy atom. The first-order valence-electron chi connectivity index (χ1n) is 4.02. The van der Waals surface area contributed by atoms with Crippen molar-refractivity contribution in [1.82, 2.24) is 5.32 Å². The van der Waals surface area contributed by atoms with Gasteiger partial charge in [0.05, 0.1) is 4.47 Å². The summed E-state index contributed by atoms with van der Waals surface area (Å²) in [5.74, 6) is -0.975. The van der Waals surface area contributed by atoms with Gasteiger partial charge in [-0.2, -0.15) is 0 Å². The zero-order valence-corrected chi connectivity index (χ0v) is 10.2. The van der Waals surface area contributed by atoms with Crippen LogP contribution in [0.5, 0.6) is 5.75 Å². The molecule has 1 aromatic rings. The Balaban J connectivity index is 2.81. The van der Waals surface area contributed by atoms with Crippen LogP contribution in [0.1, 0.15) is 0 Å². The van der Waals surface area contributed by atoms with E-state index in [9.17, 15) is 9.18 Å². The predicted octanol–water partition coefficient (Wildman–Crippen LogP) is 2.37.